The van der Waals surface area contributed by atoms with E-state index < -0.39 is 34.1 Å². The number of benzene rings is 2. The minimum atomic E-state index is -4.37. The minimum absolute atomic E-state index is 0.00292. The summed E-state index contributed by atoms with van der Waals surface area (Å²) in [6, 6.07) is 8.51. The molecule has 3 saturated heterocycles. The van der Waals surface area contributed by atoms with E-state index in [-0.39, 0.29) is 48.0 Å². The number of methoxy groups -OCH3 is 1. The lowest BCUT2D eigenvalue weighted by Crippen LogP contribution is -2.76. The van der Waals surface area contributed by atoms with Crippen LogP contribution in [0.1, 0.15) is 38.7 Å². The van der Waals surface area contributed by atoms with Crippen LogP contribution in [0.2, 0.25) is 5.02 Å². The molecule has 0 spiro atoms. The molecule has 3 atom stereocenters. The number of hydrogen-bond acceptors (Lipinski definition) is 6. The van der Waals surface area contributed by atoms with Crippen molar-refractivity contribution in [2.45, 2.75) is 68.7 Å². The van der Waals surface area contributed by atoms with Crippen molar-refractivity contribution in [3.63, 3.8) is 0 Å². The van der Waals surface area contributed by atoms with Crippen LogP contribution in [-0.2, 0) is 26.0 Å². The van der Waals surface area contributed by atoms with E-state index in [9.17, 15) is 22.4 Å². The first kappa shape index (κ1) is 29.8. The van der Waals surface area contributed by atoms with E-state index in [4.69, 9.17) is 16.3 Å². The predicted molar refractivity (Wildman–Crippen MR) is 152 cm³/mol. The number of sulfonamides is 1. The molecule has 0 aliphatic carbocycles. The van der Waals surface area contributed by atoms with Crippen molar-refractivity contribution >= 4 is 33.4 Å². The van der Waals surface area contributed by atoms with Crippen molar-refractivity contribution in [1.82, 2.24) is 19.0 Å². The van der Waals surface area contributed by atoms with Crippen LogP contribution in [0.3, 0.4) is 0 Å². The maximum atomic E-state index is 14.4. The van der Waals surface area contributed by atoms with Gasteiger partial charge in [-0.25, -0.2) is 12.8 Å². The van der Waals surface area contributed by atoms with Gasteiger partial charge in [0.2, 0.25) is 21.8 Å². The van der Waals surface area contributed by atoms with Gasteiger partial charge in [0, 0.05) is 24.0 Å². The van der Waals surface area contributed by atoms with E-state index in [1.54, 1.807) is 17.0 Å². The SMILES string of the molecule is COc1ccc(F)cc1S(=O)(=O)N1CC(N2CCCCC2)C(=O)N2C(Cc3ccc(Cl)cc3)C(=O)N(C(C)C)CC21. The highest BCUT2D eigenvalue weighted by atomic mass is 35.5. The first-order valence-electron chi connectivity index (χ1n) is 14.0. The molecule has 3 heterocycles. The largest absolute Gasteiger partial charge is 0.495 e. The maximum absolute atomic E-state index is 14.4. The maximum Gasteiger partial charge on any atom is 0.248 e. The van der Waals surface area contributed by atoms with Gasteiger partial charge in [-0.2, -0.15) is 4.31 Å². The van der Waals surface area contributed by atoms with E-state index in [1.165, 1.54) is 22.4 Å². The van der Waals surface area contributed by atoms with Crippen LogP contribution < -0.4 is 4.74 Å². The van der Waals surface area contributed by atoms with Gasteiger partial charge in [-0.15, -0.1) is 0 Å². The molecule has 9 nitrogen and oxygen atoms in total. The summed E-state index contributed by atoms with van der Waals surface area (Å²) in [6.07, 6.45) is 2.05. The number of carbonyl (C=O) groups excluding carboxylic acids is 2. The van der Waals surface area contributed by atoms with Crippen LogP contribution >= 0.6 is 11.6 Å². The Hall–Kier alpha value is -2.73. The summed E-state index contributed by atoms with van der Waals surface area (Å²) in [5, 5.41) is 0.547. The van der Waals surface area contributed by atoms with Crippen molar-refractivity contribution in [2.75, 3.05) is 33.3 Å². The van der Waals surface area contributed by atoms with Crippen molar-refractivity contribution < 1.29 is 27.1 Å². The average molecular weight is 607 g/mol. The molecule has 12 heteroatoms. The Morgan fingerprint density at radius 3 is 2.32 bits per heavy atom. The molecule has 0 aromatic heterocycles. The van der Waals surface area contributed by atoms with Gasteiger partial charge in [0.1, 0.15) is 34.7 Å². The first-order chi connectivity index (χ1) is 19.5. The number of fused-ring (bicyclic) bond motifs is 1. The summed E-state index contributed by atoms with van der Waals surface area (Å²) >= 11 is 6.09. The molecule has 222 valence electrons. The lowest BCUT2D eigenvalue weighted by molar-refractivity contribution is -0.172. The molecule has 2 aromatic carbocycles. The first-order valence-corrected chi connectivity index (χ1v) is 15.8. The molecule has 5 rings (SSSR count). The number of nitrogens with zero attached hydrogens (tertiary/aromatic N) is 4. The van der Waals surface area contributed by atoms with Gasteiger partial charge in [0.25, 0.3) is 0 Å². The molecule has 3 aliphatic rings. The number of carbonyl (C=O) groups is 2. The lowest BCUT2D eigenvalue weighted by Gasteiger charge is -2.55. The van der Waals surface area contributed by atoms with Gasteiger partial charge in [-0.1, -0.05) is 30.2 Å². The third kappa shape index (κ3) is 5.69. The van der Waals surface area contributed by atoms with E-state index >= 15 is 0 Å². The second-order valence-corrected chi connectivity index (χ2v) is 13.4. The normalized spacial score (nSPS) is 24.6. The van der Waals surface area contributed by atoms with Gasteiger partial charge in [-0.3, -0.25) is 14.5 Å². The molecule has 0 bridgehead atoms. The number of amides is 2. The second-order valence-electron chi connectivity index (χ2n) is 11.1. The van der Waals surface area contributed by atoms with Crippen LogP contribution in [0.5, 0.6) is 5.75 Å². The Morgan fingerprint density at radius 1 is 1.00 bits per heavy atom. The van der Waals surface area contributed by atoms with E-state index in [0.717, 1.165) is 37.0 Å². The number of halogens is 2. The molecule has 3 unspecified atom stereocenters. The van der Waals surface area contributed by atoms with E-state index in [0.29, 0.717) is 18.1 Å². The summed E-state index contributed by atoms with van der Waals surface area (Å²) in [6.45, 7) is 4.93. The number of piperazine rings is 1. The Balaban J connectivity index is 1.64. The lowest BCUT2D eigenvalue weighted by atomic mass is 9.95. The van der Waals surface area contributed by atoms with Crippen molar-refractivity contribution in [1.29, 1.82) is 0 Å². The molecule has 3 fully saturated rings. The van der Waals surface area contributed by atoms with Gasteiger partial charge < -0.3 is 14.5 Å². The zero-order valence-electron chi connectivity index (χ0n) is 23.5. The minimum Gasteiger partial charge on any atom is -0.495 e. The Morgan fingerprint density at radius 2 is 1.68 bits per heavy atom. The summed E-state index contributed by atoms with van der Waals surface area (Å²) < 4.78 is 49.8. The zero-order chi connectivity index (χ0) is 29.5. The fraction of sp³-hybridized carbons (Fsp3) is 0.517. The quantitative estimate of drug-likeness (QED) is 0.480. The Bertz CT molecular complexity index is 1400. The number of rotatable bonds is 7. The predicted octanol–water partition coefficient (Wildman–Crippen LogP) is 3.36. The highest BCUT2D eigenvalue weighted by Crippen LogP contribution is 2.36. The van der Waals surface area contributed by atoms with Gasteiger partial charge in [0.05, 0.1) is 13.7 Å². The monoisotopic (exact) mass is 606 g/mol. The number of piperidine rings is 1. The van der Waals surface area contributed by atoms with E-state index in [1.807, 2.05) is 30.9 Å². The summed E-state index contributed by atoms with van der Waals surface area (Å²) in [4.78, 5) is 33.1. The average Bonchev–Trinajstić information content (AvgIpc) is 2.95. The van der Waals surface area contributed by atoms with Crippen molar-refractivity contribution in [2.24, 2.45) is 0 Å². The molecule has 3 aliphatic heterocycles. The molecule has 41 heavy (non-hydrogen) atoms. The summed E-state index contributed by atoms with van der Waals surface area (Å²) in [7, 11) is -3.04. The molecule has 0 N–H and O–H groups in total. The van der Waals surface area contributed by atoms with Crippen LogP contribution in [0.25, 0.3) is 0 Å². The molecule has 2 amide bonds. The molecular formula is C29H36ClFN4O5S. The Labute approximate surface area is 245 Å². The topological polar surface area (TPSA) is 90.5 Å². The number of hydrogen-bond donors (Lipinski definition) is 0. The summed E-state index contributed by atoms with van der Waals surface area (Å²) in [5.41, 5.74) is 0.797. The third-order valence-electron chi connectivity index (χ3n) is 8.32. The highest BCUT2D eigenvalue weighted by molar-refractivity contribution is 7.89. The fourth-order valence-corrected chi connectivity index (χ4v) is 8.05. The van der Waals surface area contributed by atoms with Gasteiger partial charge in [-0.05, 0) is 75.7 Å². The zero-order valence-corrected chi connectivity index (χ0v) is 25.1. The fourth-order valence-electron chi connectivity index (χ4n) is 6.18. The molecule has 0 radical (unpaired) electrons. The molecule has 2 aromatic rings. The standard InChI is InChI=1S/C29H36ClFN4O5S/c1-19(2)33-18-27-34(41(38,39)26-16-22(31)11-12-25(26)40-3)17-24(32-13-5-4-6-14-32)29(37)35(27)23(28(33)36)15-20-7-9-21(30)10-8-20/h7-12,16,19,23-24,27H,4-6,13-15,17-18H2,1-3H3. The molecular weight excluding hydrogens is 571 g/mol. The van der Waals surface area contributed by atoms with Gasteiger partial charge in [0.15, 0.2) is 0 Å². The van der Waals surface area contributed by atoms with Crippen LogP contribution in [0.15, 0.2) is 47.4 Å². The van der Waals surface area contributed by atoms with Gasteiger partial charge >= 0.3 is 0 Å². The number of likely N-dealkylation sites (tertiary alicyclic amines) is 1. The third-order valence-corrected chi connectivity index (χ3v) is 10.5. The van der Waals surface area contributed by atoms with Crippen molar-refractivity contribution in [3.8, 4) is 5.75 Å². The Kier molecular flexibility index (Phi) is 8.61. The molecule has 0 saturated carbocycles. The van der Waals surface area contributed by atoms with Crippen LogP contribution in [0.4, 0.5) is 4.39 Å². The van der Waals surface area contributed by atoms with Crippen LogP contribution in [0, 0.1) is 5.82 Å². The second kappa shape index (κ2) is 11.9. The smallest absolute Gasteiger partial charge is 0.248 e. The van der Waals surface area contributed by atoms with E-state index in [2.05, 4.69) is 0 Å². The summed E-state index contributed by atoms with van der Waals surface area (Å²) in [5.74, 6) is -1.20. The number of ether oxygens (including phenoxy) is 1. The van der Waals surface area contributed by atoms with Crippen LogP contribution in [-0.4, -0.2) is 96.8 Å². The van der Waals surface area contributed by atoms with Crippen molar-refractivity contribution in [3.05, 3.63) is 58.9 Å². The highest BCUT2D eigenvalue weighted by Gasteiger charge is 2.55.